The number of H-pyrrole nitrogens is 2. The van der Waals surface area contributed by atoms with Gasteiger partial charge < -0.3 is 19.8 Å². The lowest BCUT2D eigenvalue weighted by atomic mass is 10.0. The fraction of sp³-hybridized carbons (Fsp3) is 0.154. The van der Waals surface area contributed by atoms with Gasteiger partial charge in [0.15, 0.2) is 5.82 Å². The van der Waals surface area contributed by atoms with Crippen molar-refractivity contribution in [1.82, 2.24) is 30.1 Å². The number of aromatic nitrogens is 6. The van der Waals surface area contributed by atoms with Gasteiger partial charge in [-0.25, -0.2) is 9.37 Å². The number of aliphatic hydroxyl groups excluding tert-OH is 1. The maximum Gasteiger partial charge on any atom is 0.159 e. The molecule has 178 valence electrons. The number of nitrogens with zero attached hydrogens (tertiary/aromatic N) is 4. The van der Waals surface area contributed by atoms with E-state index in [0.29, 0.717) is 50.4 Å². The summed E-state index contributed by atoms with van der Waals surface area (Å²) in [5.41, 5.74) is 5.36. The van der Waals surface area contributed by atoms with Crippen molar-refractivity contribution in [3.63, 3.8) is 0 Å². The molecule has 7 rings (SSSR count). The van der Waals surface area contributed by atoms with Gasteiger partial charge in [-0.2, -0.15) is 5.10 Å². The summed E-state index contributed by atoms with van der Waals surface area (Å²) in [4.78, 5) is 16.7. The summed E-state index contributed by atoms with van der Waals surface area (Å²) in [6.07, 6.45) is 9.44. The zero-order chi connectivity index (χ0) is 24.2. The van der Waals surface area contributed by atoms with Crippen LogP contribution in [0.15, 0.2) is 65.9 Å². The van der Waals surface area contributed by atoms with Crippen molar-refractivity contribution >= 4 is 27.6 Å². The molecule has 0 radical (unpaired) electrons. The van der Waals surface area contributed by atoms with E-state index in [-0.39, 0.29) is 5.92 Å². The van der Waals surface area contributed by atoms with Gasteiger partial charge in [0, 0.05) is 35.0 Å². The molecule has 1 aliphatic carbocycles. The molecule has 0 saturated heterocycles. The number of benzene rings is 1. The van der Waals surface area contributed by atoms with Gasteiger partial charge in [-0.05, 0) is 43.2 Å². The van der Waals surface area contributed by atoms with Gasteiger partial charge >= 0.3 is 0 Å². The third kappa shape index (κ3) is 3.42. The fourth-order valence-corrected chi connectivity index (χ4v) is 4.49. The molecule has 1 unspecified atom stereocenters. The van der Waals surface area contributed by atoms with Crippen LogP contribution in [0.3, 0.4) is 0 Å². The second-order valence-corrected chi connectivity index (χ2v) is 8.96. The molecular formula is C26H20FN7O2. The summed E-state index contributed by atoms with van der Waals surface area (Å²) >= 11 is 0. The molecule has 36 heavy (non-hydrogen) atoms. The van der Waals surface area contributed by atoms with Crippen molar-refractivity contribution in [2.75, 3.05) is 5.32 Å². The number of imidazole rings is 1. The first-order chi connectivity index (χ1) is 17.7. The normalized spacial score (nSPS) is 14.5. The summed E-state index contributed by atoms with van der Waals surface area (Å²) < 4.78 is 21.2. The molecule has 4 N–H and O–H groups in total. The Balaban J connectivity index is 1.32. The van der Waals surface area contributed by atoms with E-state index in [0.717, 1.165) is 23.9 Å². The molecule has 10 heteroatoms. The summed E-state index contributed by atoms with van der Waals surface area (Å²) in [6, 6.07) is 8.88. The lowest BCUT2D eigenvalue weighted by molar-refractivity contribution is 0.180. The highest BCUT2D eigenvalue weighted by Gasteiger charge is 2.29. The van der Waals surface area contributed by atoms with Crippen LogP contribution in [0.2, 0.25) is 0 Å². The van der Waals surface area contributed by atoms with Crippen LogP contribution in [-0.2, 0) is 0 Å². The number of furan rings is 1. The van der Waals surface area contributed by atoms with E-state index in [2.05, 4.69) is 30.5 Å². The molecule has 1 saturated carbocycles. The van der Waals surface area contributed by atoms with E-state index < -0.39 is 12.0 Å². The molecule has 5 aromatic heterocycles. The molecule has 6 aromatic rings. The maximum atomic E-state index is 16.0. The number of aromatic amines is 2. The molecular weight excluding hydrogens is 461 g/mol. The van der Waals surface area contributed by atoms with Crippen LogP contribution in [0.1, 0.15) is 12.8 Å². The molecule has 1 atom stereocenters. The molecule has 0 bridgehead atoms. The lowest BCUT2D eigenvalue weighted by Crippen LogP contribution is -2.20. The van der Waals surface area contributed by atoms with Gasteiger partial charge in [-0.1, -0.05) is 0 Å². The average Bonchev–Trinajstić information content (AvgIpc) is 3.27. The van der Waals surface area contributed by atoms with E-state index in [1.165, 1.54) is 0 Å². The van der Waals surface area contributed by atoms with E-state index in [1.807, 2.05) is 12.1 Å². The minimum atomic E-state index is -0.635. The van der Waals surface area contributed by atoms with Crippen LogP contribution in [-0.4, -0.2) is 41.5 Å². The van der Waals surface area contributed by atoms with E-state index in [1.54, 1.807) is 49.3 Å². The van der Waals surface area contributed by atoms with Crippen molar-refractivity contribution in [2.45, 2.75) is 19.1 Å². The van der Waals surface area contributed by atoms with Crippen LogP contribution in [0.5, 0.6) is 0 Å². The van der Waals surface area contributed by atoms with Gasteiger partial charge in [-0.3, -0.25) is 15.1 Å². The topological polar surface area (TPSA) is 129 Å². The van der Waals surface area contributed by atoms with Crippen LogP contribution in [0.25, 0.3) is 55.8 Å². The van der Waals surface area contributed by atoms with Gasteiger partial charge in [-0.15, -0.1) is 0 Å². The zero-order valence-electron chi connectivity index (χ0n) is 18.9. The van der Waals surface area contributed by atoms with E-state index in [4.69, 9.17) is 9.40 Å². The number of nitrogens with one attached hydrogen (secondary N) is 3. The Morgan fingerprint density at radius 2 is 2.00 bits per heavy atom. The van der Waals surface area contributed by atoms with Crippen molar-refractivity contribution in [2.24, 2.45) is 5.92 Å². The van der Waals surface area contributed by atoms with E-state index >= 15 is 4.39 Å². The number of anilines is 1. The molecule has 0 amide bonds. The third-order valence-corrected chi connectivity index (χ3v) is 6.52. The smallest absolute Gasteiger partial charge is 0.159 e. The SMILES string of the molecule is OC(Nc1cncc(-c2ccc3[nH]nc(-c4nc5c(-c6ccoc6)nccc5[nH]4)c3c2F)c1)C1CC1. The van der Waals surface area contributed by atoms with Gasteiger partial charge in [0.2, 0.25) is 0 Å². The Kier molecular flexibility index (Phi) is 4.61. The first-order valence-electron chi connectivity index (χ1n) is 11.6. The van der Waals surface area contributed by atoms with Crippen molar-refractivity contribution in [3.8, 4) is 33.9 Å². The number of halogens is 1. The number of hydrogen-bond acceptors (Lipinski definition) is 7. The largest absolute Gasteiger partial charge is 0.472 e. The number of pyridine rings is 2. The van der Waals surface area contributed by atoms with Crippen molar-refractivity contribution in [3.05, 3.63) is 67.3 Å². The van der Waals surface area contributed by atoms with Crippen LogP contribution in [0, 0.1) is 11.7 Å². The maximum absolute atomic E-state index is 16.0. The van der Waals surface area contributed by atoms with Crippen molar-refractivity contribution < 1.29 is 13.9 Å². The van der Waals surface area contributed by atoms with Gasteiger partial charge in [0.05, 0.1) is 40.8 Å². The standard InChI is InChI=1S/C26H20FN7O2/c27-21-17(15-9-16(11-28-10-15)30-26(35)13-1-2-13)3-4-18-20(21)24(34-33-18)25-31-19-5-7-29-22(23(19)32-25)14-6-8-36-12-14/h3-13,26,30,35H,1-2H2,(H,31,32)(H,33,34). The zero-order valence-corrected chi connectivity index (χ0v) is 18.9. The summed E-state index contributed by atoms with van der Waals surface area (Å²) in [6.45, 7) is 0. The number of rotatable bonds is 6. The first-order valence-corrected chi connectivity index (χ1v) is 11.6. The molecule has 1 aromatic carbocycles. The molecule has 0 spiro atoms. The van der Waals surface area contributed by atoms with Crippen LogP contribution >= 0.6 is 0 Å². The Hall–Kier alpha value is -4.57. The Bertz CT molecular complexity index is 1720. The lowest BCUT2D eigenvalue weighted by Gasteiger charge is -2.14. The highest BCUT2D eigenvalue weighted by molar-refractivity contribution is 5.98. The molecule has 1 aliphatic rings. The first kappa shape index (κ1) is 20.8. The number of hydrogen-bond donors (Lipinski definition) is 4. The minimum absolute atomic E-state index is 0.253. The highest BCUT2D eigenvalue weighted by Crippen LogP contribution is 2.36. The van der Waals surface area contributed by atoms with E-state index in [9.17, 15) is 5.11 Å². The third-order valence-electron chi connectivity index (χ3n) is 6.52. The number of aliphatic hydroxyl groups is 1. The monoisotopic (exact) mass is 481 g/mol. The van der Waals surface area contributed by atoms with Crippen molar-refractivity contribution in [1.29, 1.82) is 0 Å². The van der Waals surface area contributed by atoms with Gasteiger partial charge in [0.25, 0.3) is 0 Å². The molecule has 9 nitrogen and oxygen atoms in total. The van der Waals surface area contributed by atoms with Crippen LogP contribution < -0.4 is 5.32 Å². The average molecular weight is 481 g/mol. The Morgan fingerprint density at radius 1 is 1.08 bits per heavy atom. The fourth-order valence-electron chi connectivity index (χ4n) is 4.49. The minimum Gasteiger partial charge on any atom is -0.472 e. The van der Waals surface area contributed by atoms with Crippen LogP contribution in [0.4, 0.5) is 10.1 Å². The second-order valence-electron chi connectivity index (χ2n) is 8.96. The predicted molar refractivity (Wildman–Crippen MR) is 132 cm³/mol. The molecule has 1 fully saturated rings. The molecule has 5 heterocycles. The molecule has 0 aliphatic heterocycles. The second kappa shape index (κ2) is 7.99. The summed E-state index contributed by atoms with van der Waals surface area (Å²) in [5.74, 6) is 0.237. The Morgan fingerprint density at radius 3 is 2.83 bits per heavy atom. The highest BCUT2D eigenvalue weighted by atomic mass is 19.1. The quantitative estimate of drug-likeness (QED) is 0.244. The number of fused-ring (bicyclic) bond motifs is 2. The summed E-state index contributed by atoms with van der Waals surface area (Å²) in [5, 5.41) is 20.9. The summed E-state index contributed by atoms with van der Waals surface area (Å²) in [7, 11) is 0. The Labute approximate surface area is 203 Å². The predicted octanol–water partition coefficient (Wildman–Crippen LogP) is 5.10. The van der Waals surface area contributed by atoms with Gasteiger partial charge in [0.1, 0.15) is 28.9 Å².